The van der Waals surface area contributed by atoms with E-state index in [2.05, 4.69) is 4.98 Å². The first-order valence-corrected chi connectivity index (χ1v) is 8.64. The monoisotopic (exact) mass is 401 g/mol. The average Bonchev–Trinajstić information content (AvgIpc) is 2.61. The Morgan fingerprint density at radius 3 is 2.54 bits per heavy atom. The van der Waals surface area contributed by atoms with E-state index in [0.717, 1.165) is 6.07 Å². The molecule has 1 N–H and O–H groups in total. The number of ketones is 2. The number of pyridine rings is 1. The van der Waals surface area contributed by atoms with Crippen molar-refractivity contribution in [3.8, 4) is 0 Å². The third kappa shape index (κ3) is 4.77. The Hall–Kier alpha value is -2.26. The highest BCUT2D eigenvalue weighted by molar-refractivity contribution is 6.27. The van der Waals surface area contributed by atoms with Gasteiger partial charge in [0.25, 0.3) is 0 Å². The molecule has 0 aliphatic heterocycles. The number of allylic oxidation sites excluding steroid dienone is 1. The van der Waals surface area contributed by atoms with Crippen LogP contribution in [0.5, 0.6) is 0 Å². The molecule has 0 bridgehead atoms. The predicted octanol–water partition coefficient (Wildman–Crippen LogP) is 3.49. The van der Waals surface area contributed by atoms with Gasteiger partial charge in [-0.05, 0) is 18.6 Å². The number of hydrogen-bond acceptors (Lipinski definition) is 6. The lowest BCUT2D eigenvalue weighted by molar-refractivity contribution is -0.141. The van der Waals surface area contributed by atoms with Gasteiger partial charge < -0.3 is 14.6 Å². The van der Waals surface area contributed by atoms with Crippen molar-refractivity contribution >= 4 is 17.3 Å². The van der Waals surface area contributed by atoms with Gasteiger partial charge in [-0.3, -0.25) is 9.59 Å². The van der Waals surface area contributed by atoms with Gasteiger partial charge in [0, 0.05) is 24.5 Å². The van der Waals surface area contributed by atoms with Crippen LogP contribution in [0.25, 0.3) is 5.76 Å². The molecule has 1 aliphatic rings. The molecule has 1 aromatic rings. The third-order valence-corrected chi connectivity index (χ3v) is 4.52. The number of ether oxygens (including phenoxy) is 2. The van der Waals surface area contributed by atoms with Crippen LogP contribution >= 0.6 is 0 Å². The topological polar surface area (TPSA) is 85.7 Å². The van der Waals surface area contributed by atoms with Crippen LogP contribution < -0.4 is 0 Å². The normalized spacial score (nSPS) is 19.1. The van der Waals surface area contributed by atoms with Crippen LogP contribution in [-0.4, -0.2) is 42.0 Å². The zero-order chi connectivity index (χ0) is 21.1. The summed E-state index contributed by atoms with van der Waals surface area (Å²) in [6, 6.07) is 1.68. The zero-order valence-corrected chi connectivity index (χ0v) is 15.9. The Morgan fingerprint density at radius 2 is 1.93 bits per heavy atom. The molecule has 1 aromatic heterocycles. The molecule has 0 radical (unpaired) electrons. The van der Waals surface area contributed by atoms with Crippen molar-refractivity contribution in [2.24, 2.45) is 5.41 Å². The fourth-order valence-corrected chi connectivity index (χ4v) is 2.80. The fraction of sp³-hybridized carbons (Fsp3) is 0.526. The van der Waals surface area contributed by atoms with E-state index in [1.165, 1.54) is 7.11 Å². The van der Waals surface area contributed by atoms with Gasteiger partial charge in [-0.1, -0.05) is 13.8 Å². The lowest BCUT2D eigenvalue weighted by Gasteiger charge is -2.29. The number of carbonyl (C=O) groups is 2. The predicted molar refractivity (Wildman–Crippen MR) is 93.3 cm³/mol. The minimum absolute atomic E-state index is 0.0614. The maximum atomic E-state index is 13.0. The van der Waals surface area contributed by atoms with Crippen molar-refractivity contribution in [2.75, 3.05) is 20.3 Å². The van der Waals surface area contributed by atoms with E-state index in [1.54, 1.807) is 13.8 Å². The van der Waals surface area contributed by atoms with Gasteiger partial charge in [0.05, 0.1) is 25.5 Å². The lowest BCUT2D eigenvalue weighted by atomic mass is 9.72. The molecule has 1 fully saturated rings. The number of methoxy groups -OCH3 is 1. The fourth-order valence-electron chi connectivity index (χ4n) is 2.80. The molecule has 0 saturated heterocycles. The van der Waals surface area contributed by atoms with Gasteiger partial charge in [-0.15, -0.1) is 0 Å². The van der Waals surface area contributed by atoms with Crippen LogP contribution in [0, 0.1) is 5.41 Å². The molecule has 0 aromatic carbocycles. The maximum Gasteiger partial charge on any atom is 0.433 e. The summed E-state index contributed by atoms with van der Waals surface area (Å²) < 4.78 is 49.1. The summed E-state index contributed by atoms with van der Waals surface area (Å²) in [4.78, 5) is 28.4. The van der Waals surface area contributed by atoms with Crippen molar-refractivity contribution < 1.29 is 37.3 Å². The van der Waals surface area contributed by atoms with Gasteiger partial charge in [-0.25, -0.2) is 4.98 Å². The first kappa shape index (κ1) is 22.0. The molecule has 6 nitrogen and oxygen atoms in total. The maximum absolute atomic E-state index is 13.0. The summed E-state index contributed by atoms with van der Waals surface area (Å²) in [7, 11) is 1.44. The second kappa shape index (κ2) is 8.40. The SMILES string of the molecule is COCCOCc1nc(C(F)(F)F)ccc1/C(O)=C1\C(=O)CCC(C)(C)C1=O. The molecule has 9 heteroatoms. The zero-order valence-electron chi connectivity index (χ0n) is 15.9. The van der Waals surface area contributed by atoms with Crippen molar-refractivity contribution in [1.82, 2.24) is 4.98 Å². The standard InChI is InChI=1S/C19H22F3NO5/c1-18(2)7-6-13(24)15(17(18)26)16(25)11-4-5-14(19(20,21)22)23-12(11)10-28-9-8-27-3/h4-5,25H,6-10H2,1-3H3/b16-15-. The highest BCUT2D eigenvalue weighted by atomic mass is 19.4. The van der Waals surface area contributed by atoms with Crippen LogP contribution in [0.2, 0.25) is 0 Å². The highest BCUT2D eigenvalue weighted by Crippen LogP contribution is 2.37. The number of carbonyl (C=O) groups excluding carboxylic acids is 2. The van der Waals surface area contributed by atoms with E-state index < -0.39 is 40.2 Å². The van der Waals surface area contributed by atoms with Gasteiger partial charge >= 0.3 is 6.18 Å². The minimum Gasteiger partial charge on any atom is -0.506 e. The molecule has 1 heterocycles. The van der Waals surface area contributed by atoms with Crippen molar-refractivity contribution in [3.63, 3.8) is 0 Å². The van der Waals surface area contributed by atoms with Crippen LogP contribution in [0.15, 0.2) is 17.7 Å². The van der Waals surface area contributed by atoms with Crippen LogP contribution in [0.3, 0.4) is 0 Å². The summed E-state index contributed by atoms with van der Waals surface area (Å²) in [6.07, 6.45) is -4.30. The molecule has 0 atom stereocenters. The number of Topliss-reactive ketones (excluding diaryl/α,β-unsaturated/α-hetero) is 2. The Balaban J connectivity index is 2.52. The smallest absolute Gasteiger partial charge is 0.433 e. The molecule has 1 saturated carbocycles. The molecule has 0 unspecified atom stereocenters. The Bertz CT molecular complexity index is 799. The Morgan fingerprint density at radius 1 is 1.25 bits per heavy atom. The quantitative estimate of drug-likeness (QED) is 0.340. The number of hydrogen-bond donors (Lipinski definition) is 1. The van der Waals surface area contributed by atoms with Gasteiger partial charge in [0.15, 0.2) is 11.6 Å². The van der Waals surface area contributed by atoms with E-state index >= 15 is 0 Å². The largest absolute Gasteiger partial charge is 0.506 e. The van der Waals surface area contributed by atoms with Crippen molar-refractivity contribution in [1.29, 1.82) is 0 Å². The molecule has 28 heavy (non-hydrogen) atoms. The summed E-state index contributed by atoms with van der Waals surface area (Å²) in [5, 5.41) is 10.6. The Labute approximate surface area is 160 Å². The Kier molecular flexibility index (Phi) is 6.61. The molecule has 154 valence electrons. The third-order valence-electron chi connectivity index (χ3n) is 4.52. The molecular weight excluding hydrogens is 379 g/mol. The number of rotatable bonds is 6. The second-order valence-electron chi connectivity index (χ2n) is 7.09. The van der Waals surface area contributed by atoms with Crippen molar-refractivity contribution in [3.05, 3.63) is 34.7 Å². The van der Waals surface area contributed by atoms with Crippen molar-refractivity contribution in [2.45, 2.75) is 39.5 Å². The summed E-state index contributed by atoms with van der Waals surface area (Å²) in [6.45, 7) is 3.25. The number of alkyl halides is 3. The van der Waals surface area contributed by atoms with Gasteiger partial charge in [-0.2, -0.15) is 13.2 Å². The highest BCUT2D eigenvalue weighted by Gasteiger charge is 2.41. The number of aliphatic hydroxyl groups excluding tert-OH is 1. The molecule has 1 aliphatic carbocycles. The second-order valence-corrected chi connectivity index (χ2v) is 7.09. The van der Waals surface area contributed by atoms with E-state index in [-0.39, 0.29) is 37.5 Å². The molecule has 0 spiro atoms. The number of aliphatic hydroxyl groups is 1. The molecule has 2 rings (SSSR count). The summed E-state index contributed by atoms with van der Waals surface area (Å²) >= 11 is 0. The minimum atomic E-state index is -4.69. The van der Waals surface area contributed by atoms with E-state index in [9.17, 15) is 27.9 Å². The van der Waals surface area contributed by atoms with E-state index in [1.807, 2.05) is 0 Å². The van der Waals surface area contributed by atoms with Gasteiger partial charge in [0.1, 0.15) is 17.0 Å². The lowest BCUT2D eigenvalue weighted by Crippen LogP contribution is -2.35. The number of aromatic nitrogens is 1. The van der Waals surface area contributed by atoms with E-state index in [0.29, 0.717) is 12.5 Å². The summed E-state index contributed by atoms with van der Waals surface area (Å²) in [5.74, 6) is -1.77. The number of nitrogens with zero attached hydrogens (tertiary/aromatic N) is 1. The van der Waals surface area contributed by atoms with Crippen LogP contribution in [-0.2, 0) is 31.8 Å². The molecular formula is C19H22F3NO5. The van der Waals surface area contributed by atoms with Crippen LogP contribution in [0.4, 0.5) is 13.2 Å². The number of halogens is 3. The molecule has 0 amide bonds. The van der Waals surface area contributed by atoms with Gasteiger partial charge in [0.2, 0.25) is 0 Å². The first-order valence-electron chi connectivity index (χ1n) is 8.64. The van der Waals surface area contributed by atoms with E-state index in [4.69, 9.17) is 9.47 Å². The average molecular weight is 401 g/mol. The first-order chi connectivity index (χ1) is 13.0. The van der Waals surface area contributed by atoms with Crippen LogP contribution in [0.1, 0.15) is 43.6 Å². The summed E-state index contributed by atoms with van der Waals surface area (Å²) in [5.41, 5.74) is -2.79.